The summed E-state index contributed by atoms with van der Waals surface area (Å²) < 4.78 is 0. The summed E-state index contributed by atoms with van der Waals surface area (Å²) in [5.74, 6) is 0. The van der Waals surface area contributed by atoms with Crippen molar-refractivity contribution < 1.29 is 0 Å². The summed E-state index contributed by atoms with van der Waals surface area (Å²) in [5.41, 5.74) is 12.5. The SMILES string of the molecule is c1ccc(N2c3ccccc3B3c4cccc5c4N(CCC5)c4cccc2c43)cc1. The first-order valence-electron chi connectivity index (χ1n) is 10.9. The average molecular weight is 384 g/mol. The third kappa shape index (κ3) is 2.05. The van der Waals surface area contributed by atoms with Crippen LogP contribution in [0, 0.1) is 0 Å². The maximum atomic E-state index is 2.58. The van der Waals surface area contributed by atoms with Gasteiger partial charge in [0.15, 0.2) is 0 Å². The van der Waals surface area contributed by atoms with E-state index in [1.807, 2.05) is 0 Å². The van der Waals surface area contributed by atoms with E-state index < -0.39 is 0 Å². The summed E-state index contributed by atoms with van der Waals surface area (Å²) in [5, 5.41) is 0. The largest absolute Gasteiger partial charge is 0.342 e. The highest BCUT2D eigenvalue weighted by atomic mass is 15.2. The third-order valence-corrected chi connectivity index (χ3v) is 6.94. The van der Waals surface area contributed by atoms with Gasteiger partial charge in [0.05, 0.1) is 0 Å². The van der Waals surface area contributed by atoms with Crippen molar-refractivity contribution in [2.75, 3.05) is 16.3 Å². The van der Waals surface area contributed by atoms with Crippen molar-refractivity contribution in [3.63, 3.8) is 0 Å². The van der Waals surface area contributed by atoms with Crippen LogP contribution in [-0.4, -0.2) is 13.3 Å². The number of aryl methyl sites for hydroxylation is 1. The van der Waals surface area contributed by atoms with Crippen molar-refractivity contribution in [1.82, 2.24) is 0 Å². The van der Waals surface area contributed by atoms with Crippen LogP contribution in [0.15, 0.2) is 91.0 Å². The van der Waals surface area contributed by atoms with Crippen molar-refractivity contribution >= 4 is 51.5 Å². The number of anilines is 5. The van der Waals surface area contributed by atoms with Gasteiger partial charge in [-0.25, -0.2) is 0 Å². The van der Waals surface area contributed by atoms with E-state index in [9.17, 15) is 0 Å². The first-order chi connectivity index (χ1) is 14.9. The molecule has 0 aliphatic carbocycles. The average Bonchev–Trinajstić information content (AvgIpc) is 2.82. The molecule has 7 rings (SSSR count). The topological polar surface area (TPSA) is 6.48 Å². The Hall–Kier alpha value is -3.46. The molecule has 3 aliphatic heterocycles. The standard InChI is InChI=1S/C27H21BN2/c1-2-11-20(12-3-1)30-23-15-5-4-13-21(23)28-22-14-6-9-19-10-8-18-29(27(19)22)24-16-7-17-25(30)26(24)28/h1-7,9,11-17H,8,10,18H2. The summed E-state index contributed by atoms with van der Waals surface area (Å²) >= 11 is 0. The fourth-order valence-electron chi connectivity index (χ4n) is 5.82. The molecule has 0 bridgehead atoms. The maximum absolute atomic E-state index is 2.58. The van der Waals surface area contributed by atoms with E-state index in [0.717, 1.165) is 6.54 Å². The number of fused-ring (bicyclic) bond motifs is 4. The lowest BCUT2D eigenvalue weighted by molar-refractivity contribution is 0.769. The minimum absolute atomic E-state index is 0.289. The summed E-state index contributed by atoms with van der Waals surface area (Å²) in [6.45, 7) is 1.39. The fourth-order valence-corrected chi connectivity index (χ4v) is 5.82. The van der Waals surface area contributed by atoms with Gasteiger partial charge >= 0.3 is 0 Å². The monoisotopic (exact) mass is 384 g/mol. The molecule has 3 heterocycles. The van der Waals surface area contributed by atoms with Crippen molar-refractivity contribution in [2.24, 2.45) is 0 Å². The molecule has 142 valence electrons. The molecule has 0 spiro atoms. The number of rotatable bonds is 1. The van der Waals surface area contributed by atoms with Crippen LogP contribution in [0.4, 0.5) is 28.4 Å². The first kappa shape index (κ1) is 16.4. The zero-order chi connectivity index (χ0) is 19.7. The normalized spacial score (nSPS) is 15.4. The lowest BCUT2D eigenvalue weighted by Gasteiger charge is -2.45. The van der Waals surface area contributed by atoms with Gasteiger partial charge in [0, 0.05) is 35.0 Å². The number of nitrogens with zero attached hydrogens (tertiary/aromatic N) is 2. The number of hydrogen-bond donors (Lipinski definition) is 0. The Bertz CT molecular complexity index is 1300. The third-order valence-electron chi connectivity index (χ3n) is 6.94. The lowest BCUT2D eigenvalue weighted by Crippen LogP contribution is -2.62. The first-order valence-corrected chi connectivity index (χ1v) is 10.9. The molecule has 3 heteroatoms. The van der Waals surface area contributed by atoms with Gasteiger partial charge in [0.2, 0.25) is 0 Å². The van der Waals surface area contributed by atoms with Crippen LogP contribution >= 0.6 is 0 Å². The van der Waals surface area contributed by atoms with E-state index in [-0.39, 0.29) is 6.71 Å². The summed E-state index contributed by atoms with van der Waals surface area (Å²) in [6.07, 6.45) is 2.39. The van der Waals surface area contributed by atoms with E-state index >= 15 is 0 Å². The predicted octanol–water partition coefficient (Wildman–Crippen LogP) is 4.38. The minimum Gasteiger partial charge on any atom is -0.342 e. The highest BCUT2D eigenvalue weighted by Crippen LogP contribution is 2.42. The molecule has 0 saturated carbocycles. The van der Waals surface area contributed by atoms with E-state index in [2.05, 4.69) is 101 Å². The fraction of sp³-hybridized carbons (Fsp3) is 0.111. The second kappa shape index (κ2) is 6.02. The number of para-hydroxylation sites is 3. The van der Waals surface area contributed by atoms with Crippen molar-refractivity contribution in [3.05, 3.63) is 96.6 Å². The maximum Gasteiger partial charge on any atom is 0.252 e. The van der Waals surface area contributed by atoms with Crippen LogP contribution in [0.3, 0.4) is 0 Å². The van der Waals surface area contributed by atoms with Gasteiger partial charge in [0.25, 0.3) is 6.71 Å². The Morgan fingerprint density at radius 1 is 0.633 bits per heavy atom. The van der Waals surface area contributed by atoms with Gasteiger partial charge in [0.1, 0.15) is 0 Å². The molecular weight excluding hydrogens is 363 g/mol. The van der Waals surface area contributed by atoms with E-state index in [0.29, 0.717) is 0 Å². The van der Waals surface area contributed by atoms with Gasteiger partial charge in [-0.15, -0.1) is 0 Å². The highest BCUT2D eigenvalue weighted by molar-refractivity contribution is 7.00. The van der Waals surface area contributed by atoms with Crippen molar-refractivity contribution in [1.29, 1.82) is 0 Å². The second-order valence-electron chi connectivity index (χ2n) is 8.48. The second-order valence-corrected chi connectivity index (χ2v) is 8.48. The zero-order valence-electron chi connectivity index (χ0n) is 16.8. The molecule has 30 heavy (non-hydrogen) atoms. The quantitative estimate of drug-likeness (QED) is 0.396. The molecule has 0 aromatic heterocycles. The number of hydrogen-bond acceptors (Lipinski definition) is 2. The van der Waals surface area contributed by atoms with Gasteiger partial charge in [-0.2, -0.15) is 0 Å². The molecule has 0 amide bonds. The molecule has 4 aromatic rings. The van der Waals surface area contributed by atoms with Crippen LogP contribution in [-0.2, 0) is 6.42 Å². The molecule has 0 unspecified atom stereocenters. The number of benzene rings is 4. The lowest BCUT2D eigenvalue weighted by atomic mass is 9.33. The van der Waals surface area contributed by atoms with Crippen LogP contribution in [0.5, 0.6) is 0 Å². The molecule has 2 nitrogen and oxygen atoms in total. The summed E-state index contributed by atoms with van der Waals surface area (Å²) in [7, 11) is 0. The smallest absolute Gasteiger partial charge is 0.252 e. The van der Waals surface area contributed by atoms with Crippen molar-refractivity contribution in [2.45, 2.75) is 12.8 Å². The molecule has 0 N–H and O–H groups in total. The Balaban J connectivity index is 1.59. The van der Waals surface area contributed by atoms with Gasteiger partial charge in [-0.3, -0.25) is 0 Å². The molecular formula is C27H21BN2. The summed E-state index contributed by atoms with van der Waals surface area (Å²) in [4.78, 5) is 5.03. The molecule has 3 aliphatic rings. The molecule has 0 radical (unpaired) electrons. The van der Waals surface area contributed by atoms with E-state index in [1.54, 1.807) is 0 Å². The Morgan fingerprint density at radius 3 is 2.30 bits per heavy atom. The summed E-state index contributed by atoms with van der Waals surface area (Å²) in [6, 6.07) is 33.5. The molecule has 0 saturated heterocycles. The van der Waals surface area contributed by atoms with Crippen LogP contribution < -0.4 is 26.2 Å². The minimum atomic E-state index is 0.289. The Morgan fingerprint density at radius 2 is 1.37 bits per heavy atom. The Labute approximate surface area is 177 Å². The molecule has 0 fully saturated rings. The van der Waals surface area contributed by atoms with Gasteiger partial charge in [-0.1, -0.05) is 60.7 Å². The van der Waals surface area contributed by atoms with Crippen LogP contribution in [0.1, 0.15) is 12.0 Å². The zero-order valence-corrected chi connectivity index (χ0v) is 16.8. The van der Waals surface area contributed by atoms with E-state index in [4.69, 9.17) is 0 Å². The highest BCUT2D eigenvalue weighted by Gasteiger charge is 2.43. The van der Waals surface area contributed by atoms with Crippen LogP contribution in [0.25, 0.3) is 0 Å². The molecule has 4 aromatic carbocycles. The van der Waals surface area contributed by atoms with Crippen molar-refractivity contribution in [3.8, 4) is 0 Å². The predicted molar refractivity (Wildman–Crippen MR) is 128 cm³/mol. The van der Waals surface area contributed by atoms with Gasteiger partial charge < -0.3 is 9.80 Å². The van der Waals surface area contributed by atoms with E-state index in [1.165, 1.54) is 63.2 Å². The van der Waals surface area contributed by atoms with Crippen LogP contribution in [0.2, 0.25) is 0 Å². The van der Waals surface area contributed by atoms with Gasteiger partial charge in [-0.05, 0) is 65.1 Å². The Kier molecular flexibility index (Phi) is 3.28. The molecule has 0 atom stereocenters.